The van der Waals surface area contributed by atoms with Crippen molar-refractivity contribution in [3.05, 3.63) is 27.8 Å². The molecule has 1 unspecified atom stereocenters. The summed E-state index contributed by atoms with van der Waals surface area (Å²) < 4.78 is 4.92. The molecule has 1 atom stereocenters. The minimum absolute atomic E-state index is 0.0835. The zero-order valence-electron chi connectivity index (χ0n) is 8.43. The zero-order valence-corrected chi connectivity index (χ0v) is 8.43. The maximum atomic E-state index is 10.6. The lowest BCUT2D eigenvalue weighted by molar-refractivity contribution is -0.385. The number of nitro groups is 1. The highest BCUT2D eigenvalue weighted by Gasteiger charge is 2.15. The number of nitrogens with two attached hydrogens (primary N) is 1. The van der Waals surface area contributed by atoms with Gasteiger partial charge >= 0.3 is 0 Å². The molecule has 0 saturated carbocycles. The van der Waals surface area contributed by atoms with Gasteiger partial charge in [-0.15, -0.1) is 0 Å². The first-order chi connectivity index (χ1) is 6.91. The Morgan fingerprint density at radius 3 is 2.67 bits per heavy atom. The van der Waals surface area contributed by atoms with E-state index in [-0.39, 0.29) is 17.1 Å². The third kappa shape index (κ3) is 2.57. The molecule has 1 aromatic rings. The van der Waals surface area contributed by atoms with E-state index in [9.17, 15) is 10.1 Å². The number of nitrogens with zero attached hydrogens (tertiary/aromatic N) is 1. The van der Waals surface area contributed by atoms with Crippen LogP contribution < -0.4 is 10.5 Å². The second-order valence-corrected chi connectivity index (χ2v) is 3.15. The van der Waals surface area contributed by atoms with Crippen molar-refractivity contribution in [3.8, 4) is 5.75 Å². The molecule has 0 spiro atoms. The van der Waals surface area contributed by atoms with Gasteiger partial charge in [0, 0.05) is 5.56 Å². The quantitative estimate of drug-likeness (QED) is 0.339. The molecule has 0 heterocycles. The Hall–Kier alpha value is -1.82. The summed E-state index contributed by atoms with van der Waals surface area (Å²) in [5.41, 5.74) is 6.21. The first kappa shape index (κ1) is 11.3. The molecule has 0 bridgehead atoms. The average molecular weight is 212 g/mol. The van der Waals surface area contributed by atoms with Crippen LogP contribution in [0.1, 0.15) is 12.5 Å². The molecule has 0 aromatic heterocycles. The van der Waals surface area contributed by atoms with Crippen LogP contribution in [0.3, 0.4) is 0 Å². The first-order valence-electron chi connectivity index (χ1n) is 4.31. The number of rotatable bonds is 3. The standard InChI is InChI=1S/C9H12N2O4/c1-5-3-7(10)9(15-6(2)12)4-8(5)11(13)14/h3-4,6,12H,10H2,1-2H3. The smallest absolute Gasteiger partial charge is 0.276 e. The molecule has 6 nitrogen and oxygen atoms in total. The van der Waals surface area contributed by atoms with Gasteiger partial charge in [0.25, 0.3) is 5.69 Å². The van der Waals surface area contributed by atoms with Gasteiger partial charge in [0.05, 0.1) is 16.7 Å². The van der Waals surface area contributed by atoms with Crippen LogP contribution in [0.25, 0.3) is 0 Å². The van der Waals surface area contributed by atoms with E-state index in [2.05, 4.69) is 0 Å². The number of aryl methyl sites for hydroxylation is 1. The summed E-state index contributed by atoms with van der Waals surface area (Å²) in [7, 11) is 0. The second-order valence-electron chi connectivity index (χ2n) is 3.15. The topological polar surface area (TPSA) is 98.6 Å². The van der Waals surface area contributed by atoms with Crippen molar-refractivity contribution in [1.82, 2.24) is 0 Å². The molecular formula is C9H12N2O4. The van der Waals surface area contributed by atoms with Gasteiger partial charge in [0.2, 0.25) is 0 Å². The third-order valence-electron chi connectivity index (χ3n) is 1.82. The van der Waals surface area contributed by atoms with Gasteiger partial charge in [-0.1, -0.05) is 0 Å². The van der Waals surface area contributed by atoms with Gasteiger partial charge < -0.3 is 15.6 Å². The average Bonchev–Trinajstić information content (AvgIpc) is 2.08. The molecule has 15 heavy (non-hydrogen) atoms. The fraction of sp³-hybridized carbons (Fsp3) is 0.333. The van der Waals surface area contributed by atoms with Crippen molar-refractivity contribution in [1.29, 1.82) is 0 Å². The molecule has 0 aliphatic carbocycles. The van der Waals surface area contributed by atoms with Crippen LogP contribution in [-0.2, 0) is 0 Å². The maximum Gasteiger partial charge on any atom is 0.276 e. The first-order valence-corrected chi connectivity index (χ1v) is 4.31. The van der Waals surface area contributed by atoms with Crippen molar-refractivity contribution >= 4 is 11.4 Å². The molecular weight excluding hydrogens is 200 g/mol. The molecule has 1 rings (SSSR count). The predicted molar refractivity (Wildman–Crippen MR) is 54.6 cm³/mol. The summed E-state index contributed by atoms with van der Waals surface area (Å²) in [6.45, 7) is 2.98. The van der Waals surface area contributed by atoms with E-state index >= 15 is 0 Å². The van der Waals surface area contributed by atoms with Gasteiger partial charge in [-0.25, -0.2) is 0 Å². The van der Waals surface area contributed by atoms with Crippen molar-refractivity contribution in [2.75, 3.05) is 5.73 Å². The molecule has 0 radical (unpaired) electrons. The summed E-state index contributed by atoms with van der Waals surface area (Å²) in [4.78, 5) is 10.1. The van der Waals surface area contributed by atoms with Gasteiger partial charge in [0.1, 0.15) is 0 Å². The monoisotopic (exact) mass is 212 g/mol. The summed E-state index contributed by atoms with van der Waals surface area (Å²) in [6.07, 6.45) is -1.06. The minimum Gasteiger partial charge on any atom is -0.463 e. The number of hydrogen-bond acceptors (Lipinski definition) is 5. The molecule has 0 aliphatic rings. The number of nitrogen functional groups attached to an aromatic ring is 1. The fourth-order valence-electron chi connectivity index (χ4n) is 1.18. The Bertz CT molecular complexity index is 390. The van der Waals surface area contributed by atoms with E-state index in [0.29, 0.717) is 5.56 Å². The van der Waals surface area contributed by atoms with Gasteiger partial charge in [-0.3, -0.25) is 10.1 Å². The number of ether oxygens (including phenoxy) is 1. The minimum atomic E-state index is -1.06. The van der Waals surface area contributed by atoms with Gasteiger partial charge in [-0.2, -0.15) is 0 Å². The van der Waals surface area contributed by atoms with Crippen LogP contribution in [0.5, 0.6) is 5.75 Å². The Kier molecular flexibility index (Phi) is 3.11. The highest BCUT2D eigenvalue weighted by Crippen LogP contribution is 2.30. The maximum absolute atomic E-state index is 10.6. The number of nitro benzene ring substituents is 1. The molecule has 3 N–H and O–H groups in total. The fourth-order valence-corrected chi connectivity index (χ4v) is 1.18. The number of aliphatic hydroxyl groups excluding tert-OH is 1. The van der Waals surface area contributed by atoms with Crippen LogP contribution in [0.2, 0.25) is 0 Å². The Morgan fingerprint density at radius 1 is 1.60 bits per heavy atom. The van der Waals surface area contributed by atoms with E-state index in [0.717, 1.165) is 0 Å². The van der Waals surface area contributed by atoms with Crippen molar-refractivity contribution in [2.45, 2.75) is 20.1 Å². The Morgan fingerprint density at radius 2 is 2.20 bits per heavy atom. The van der Waals surface area contributed by atoms with Crippen LogP contribution in [0, 0.1) is 17.0 Å². The van der Waals surface area contributed by atoms with E-state index in [1.807, 2.05) is 0 Å². The van der Waals surface area contributed by atoms with Crippen LogP contribution >= 0.6 is 0 Å². The molecule has 0 amide bonds. The molecule has 82 valence electrons. The lowest BCUT2D eigenvalue weighted by Gasteiger charge is -2.11. The SMILES string of the molecule is Cc1cc(N)c(OC(C)O)cc1[N+](=O)[O-]. The largest absolute Gasteiger partial charge is 0.463 e. The Balaban J connectivity index is 3.17. The van der Waals surface area contributed by atoms with Crippen molar-refractivity contribution < 1.29 is 14.8 Å². The molecule has 6 heteroatoms. The molecule has 1 aromatic carbocycles. The van der Waals surface area contributed by atoms with Crippen LogP contribution in [0.15, 0.2) is 12.1 Å². The number of hydrogen-bond donors (Lipinski definition) is 2. The van der Waals surface area contributed by atoms with Crippen molar-refractivity contribution in [3.63, 3.8) is 0 Å². The summed E-state index contributed by atoms with van der Waals surface area (Å²) in [5, 5.41) is 19.6. The number of benzene rings is 1. The molecule has 0 fully saturated rings. The summed E-state index contributed by atoms with van der Waals surface area (Å²) in [5.74, 6) is 0.113. The predicted octanol–water partition coefficient (Wildman–Crippen LogP) is 1.20. The van der Waals surface area contributed by atoms with E-state index in [4.69, 9.17) is 15.6 Å². The third-order valence-corrected chi connectivity index (χ3v) is 1.82. The van der Waals surface area contributed by atoms with E-state index in [1.165, 1.54) is 19.1 Å². The zero-order chi connectivity index (χ0) is 11.6. The molecule has 0 saturated heterocycles. The van der Waals surface area contributed by atoms with E-state index in [1.54, 1.807) is 6.92 Å². The number of anilines is 1. The van der Waals surface area contributed by atoms with Crippen molar-refractivity contribution in [2.24, 2.45) is 0 Å². The van der Waals surface area contributed by atoms with E-state index < -0.39 is 11.2 Å². The highest BCUT2D eigenvalue weighted by molar-refractivity contribution is 5.61. The summed E-state index contributed by atoms with van der Waals surface area (Å²) in [6, 6.07) is 2.65. The van der Waals surface area contributed by atoms with Gasteiger partial charge in [0.15, 0.2) is 12.0 Å². The Labute approximate surface area is 86.4 Å². The van der Waals surface area contributed by atoms with Crippen LogP contribution in [0.4, 0.5) is 11.4 Å². The molecule has 0 aliphatic heterocycles. The lowest BCUT2D eigenvalue weighted by Crippen LogP contribution is -2.11. The normalized spacial score (nSPS) is 12.2. The lowest BCUT2D eigenvalue weighted by atomic mass is 10.1. The number of aliphatic hydroxyl groups is 1. The highest BCUT2D eigenvalue weighted by atomic mass is 16.6. The summed E-state index contributed by atoms with van der Waals surface area (Å²) >= 11 is 0. The van der Waals surface area contributed by atoms with Crippen LogP contribution in [-0.4, -0.2) is 16.3 Å². The van der Waals surface area contributed by atoms with Gasteiger partial charge in [-0.05, 0) is 19.9 Å². The second kappa shape index (κ2) is 4.14.